The number of aromatic nitrogens is 1. The van der Waals surface area contributed by atoms with Gasteiger partial charge < -0.3 is 9.67 Å². The molecule has 0 saturated heterocycles. The van der Waals surface area contributed by atoms with E-state index in [0.717, 1.165) is 16.5 Å². The Bertz CT molecular complexity index is 989. The molecule has 3 aromatic rings. The first kappa shape index (κ1) is 17.7. The van der Waals surface area contributed by atoms with Gasteiger partial charge >= 0.3 is 0 Å². The molecule has 1 N–H and O–H groups in total. The van der Waals surface area contributed by atoms with E-state index in [0.29, 0.717) is 12.1 Å². The van der Waals surface area contributed by atoms with Crippen LogP contribution in [0.3, 0.4) is 0 Å². The number of fused-ring (bicyclic) bond motifs is 1. The molecule has 0 fully saturated rings. The van der Waals surface area contributed by atoms with Crippen LogP contribution in [0.2, 0.25) is 0 Å². The van der Waals surface area contributed by atoms with Crippen molar-refractivity contribution in [3.8, 4) is 0 Å². The number of Topliss-reactive ketones (excluding diaryl/α,β-unsaturated/α-hetero) is 3. The molecule has 0 radical (unpaired) electrons. The summed E-state index contributed by atoms with van der Waals surface area (Å²) < 4.78 is 15.0. The molecule has 0 aliphatic heterocycles. The Labute approximate surface area is 148 Å². The number of halogens is 1. The maximum Gasteiger partial charge on any atom is 0.224 e. The van der Waals surface area contributed by atoms with Crippen molar-refractivity contribution < 1.29 is 23.9 Å². The van der Waals surface area contributed by atoms with Crippen LogP contribution < -0.4 is 0 Å². The zero-order valence-electron chi connectivity index (χ0n) is 13.8. The van der Waals surface area contributed by atoms with Gasteiger partial charge in [-0.1, -0.05) is 24.3 Å². The van der Waals surface area contributed by atoms with Crippen LogP contribution in [-0.2, 0) is 16.1 Å². The van der Waals surface area contributed by atoms with Gasteiger partial charge in [0, 0.05) is 23.8 Å². The summed E-state index contributed by atoms with van der Waals surface area (Å²) in [6.07, 6.45) is 1.30. The van der Waals surface area contributed by atoms with E-state index in [1.54, 1.807) is 30.3 Å². The van der Waals surface area contributed by atoms with Crippen LogP contribution in [0.5, 0.6) is 0 Å². The minimum absolute atomic E-state index is 0.305. The summed E-state index contributed by atoms with van der Waals surface area (Å²) >= 11 is 0. The van der Waals surface area contributed by atoms with E-state index in [9.17, 15) is 18.8 Å². The molecule has 0 unspecified atom stereocenters. The zero-order chi connectivity index (χ0) is 18.7. The van der Waals surface area contributed by atoms with E-state index in [4.69, 9.17) is 5.11 Å². The van der Waals surface area contributed by atoms with Gasteiger partial charge in [-0.25, -0.2) is 4.39 Å². The van der Waals surface area contributed by atoms with Crippen LogP contribution in [0.15, 0.2) is 54.7 Å². The average Bonchev–Trinajstić information content (AvgIpc) is 3.04. The molecule has 0 saturated carbocycles. The van der Waals surface area contributed by atoms with Crippen molar-refractivity contribution >= 4 is 28.3 Å². The molecule has 26 heavy (non-hydrogen) atoms. The molecular weight excluding hydrogens is 337 g/mol. The summed E-state index contributed by atoms with van der Waals surface area (Å²) in [5.41, 5.74) is 2.01. The minimum Gasteiger partial charge on any atom is -0.388 e. The summed E-state index contributed by atoms with van der Waals surface area (Å²) in [6, 6.07) is 13.1. The Balaban J connectivity index is 1.85. The number of carbonyl (C=O) groups is 3. The van der Waals surface area contributed by atoms with Gasteiger partial charge in [-0.15, -0.1) is 0 Å². The molecule has 6 heteroatoms. The summed E-state index contributed by atoms with van der Waals surface area (Å²) in [5.74, 6) is -2.66. The van der Waals surface area contributed by atoms with Gasteiger partial charge in [0.15, 0.2) is 5.78 Å². The lowest BCUT2D eigenvalue weighted by molar-refractivity contribution is -0.137. The van der Waals surface area contributed by atoms with Gasteiger partial charge in [-0.3, -0.25) is 14.4 Å². The SMILES string of the molecule is O=C(CO)C(=O)CC(=O)c1ccc2ccn(Cc3ccc(F)cc3)c2c1. The number of hydrogen-bond donors (Lipinski definition) is 1. The molecule has 2 aromatic carbocycles. The molecule has 1 heterocycles. The second-order valence-corrected chi connectivity index (χ2v) is 5.95. The number of benzene rings is 2. The topological polar surface area (TPSA) is 76.4 Å². The molecule has 0 aliphatic carbocycles. The van der Waals surface area contributed by atoms with E-state index in [2.05, 4.69) is 0 Å². The highest BCUT2D eigenvalue weighted by atomic mass is 19.1. The average molecular weight is 353 g/mol. The van der Waals surface area contributed by atoms with Crippen LogP contribution in [0.1, 0.15) is 22.3 Å². The Morgan fingerprint density at radius 1 is 0.962 bits per heavy atom. The van der Waals surface area contributed by atoms with Crippen molar-refractivity contribution in [3.63, 3.8) is 0 Å². The third kappa shape index (κ3) is 3.75. The Kier molecular flexibility index (Phi) is 5.04. The van der Waals surface area contributed by atoms with E-state index in [1.807, 2.05) is 16.8 Å². The number of nitrogens with zero attached hydrogens (tertiary/aromatic N) is 1. The molecule has 0 atom stereocenters. The number of rotatable bonds is 7. The van der Waals surface area contributed by atoms with E-state index >= 15 is 0 Å². The highest BCUT2D eigenvalue weighted by Gasteiger charge is 2.18. The Morgan fingerprint density at radius 2 is 1.69 bits per heavy atom. The molecule has 5 nitrogen and oxygen atoms in total. The summed E-state index contributed by atoms with van der Waals surface area (Å²) in [5, 5.41) is 9.61. The van der Waals surface area contributed by atoms with Crippen molar-refractivity contribution in [2.75, 3.05) is 6.61 Å². The third-order valence-electron chi connectivity index (χ3n) is 4.14. The van der Waals surface area contributed by atoms with Gasteiger partial charge in [-0.05, 0) is 35.2 Å². The molecule has 0 aliphatic rings. The fraction of sp³-hybridized carbons (Fsp3) is 0.150. The van der Waals surface area contributed by atoms with E-state index < -0.39 is 30.4 Å². The van der Waals surface area contributed by atoms with E-state index in [-0.39, 0.29) is 5.82 Å². The van der Waals surface area contributed by atoms with Crippen molar-refractivity contribution in [1.29, 1.82) is 0 Å². The maximum atomic E-state index is 13.0. The fourth-order valence-electron chi connectivity index (χ4n) is 2.72. The highest BCUT2D eigenvalue weighted by molar-refractivity contribution is 6.41. The van der Waals surface area contributed by atoms with Crippen LogP contribution in [-0.4, -0.2) is 33.6 Å². The van der Waals surface area contributed by atoms with Crippen LogP contribution in [0.25, 0.3) is 10.9 Å². The second-order valence-electron chi connectivity index (χ2n) is 5.95. The first-order chi connectivity index (χ1) is 12.5. The Hall–Kier alpha value is -3.12. The standard InChI is InChI=1S/C20H16FNO4/c21-16-5-1-13(2-6-16)11-22-8-7-14-3-4-15(9-17(14)22)18(24)10-19(25)20(26)12-23/h1-9,23H,10-12H2. The molecule has 3 rings (SSSR count). The van der Waals surface area contributed by atoms with Crippen molar-refractivity contribution in [2.45, 2.75) is 13.0 Å². The second kappa shape index (κ2) is 7.41. The lowest BCUT2D eigenvalue weighted by atomic mass is 10.0. The maximum absolute atomic E-state index is 13.0. The lowest BCUT2D eigenvalue weighted by Gasteiger charge is -2.07. The number of aliphatic hydroxyl groups excluding tert-OH is 1. The normalized spacial score (nSPS) is 10.8. The van der Waals surface area contributed by atoms with Crippen molar-refractivity contribution in [3.05, 3.63) is 71.7 Å². The first-order valence-corrected chi connectivity index (χ1v) is 8.01. The fourth-order valence-corrected chi connectivity index (χ4v) is 2.72. The van der Waals surface area contributed by atoms with Crippen LogP contribution >= 0.6 is 0 Å². The van der Waals surface area contributed by atoms with Crippen LogP contribution in [0.4, 0.5) is 4.39 Å². The summed E-state index contributed by atoms with van der Waals surface area (Å²) in [4.78, 5) is 34.9. The number of ketones is 3. The van der Waals surface area contributed by atoms with Gasteiger partial charge in [0.25, 0.3) is 0 Å². The molecular formula is C20H16FNO4. The monoisotopic (exact) mass is 353 g/mol. The summed E-state index contributed by atoms with van der Waals surface area (Å²) in [6.45, 7) is -0.394. The molecule has 0 spiro atoms. The van der Waals surface area contributed by atoms with Crippen molar-refractivity contribution in [2.24, 2.45) is 0 Å². The van der Waals surface area contributed by atoms with Gasteiger partial charge in [0.2, 0.25) is 11.6 Å². The van der Waals surface area contributed by atoms with E-state index in [1.165, 1.54) is 12.1 Å². The smallest absolute Gasteiger partial charge is 0.224 e. The minimum atomic E-state index is -0.973. The van der Waals surface area contributed by atoms with Gasteiger partial charge in [0.1, 0.15) is 12.4 Å². The molecule has 132 valence electrons. The predicted molar refractivity (Wildman–Crippen MR) is 93.5 cm³/mol. The van der Waals surface area contributed by atoms with Crippen molar-refractivity contribution in [1.82, 2.24) is 4.57 Å². The zero-order valence-corrected chi connectivity index (χ0v) is 13.8. The highest BCUT2D eigenvalue weighted by Crippen LogP contribution is 2.20. The van der Waals surface area contributed by atoms with Gasteiger partial charge in [0.05, 0.1) is 6.42 Å². The van der Waals surface area contributed by atoms with Gasteiger partial charge in [-0.2, -0.15) is 0 Å². The lowest BCUT2D eigenvalue weighted by Crippen LogP contribution is -2.20. The molecule has 0 bridgehead atoms. The first-order valence-electron chi connectivity index (χ1n) is 8.01. The Morgan fingerprint density at radius 3 is 2.38 bits per heavy atom. The third-order valence-corrected chi connectivity index (χ3v) is 4.14. The quantitative estimate of drug-likeness (QED) is 0.402. The molecule has 0 amide bonds. The number of hydrogen-bond acceptors (Lipinski definition) is 4. The van der Waals surface area contributed by atoms with Crippen LogP contribution in [0, 0.1) is 5.82 Å². The summed E-state index contributed by atoms with van der Waals surface area (Å²) in [7, 11) is 0. The number of aliphatic hydroxyl groups is 1. The molecule has 1 aromatic heterocycles. The number of carbonyl (C=O) groups excluding carboxylic acids is 3. The largest absolute Gasteiger partial charge is 0.388 e. The predicted octanol–water partition coefficient (Wildman–Crippen LogP) is 2.53.